The SMILES string of the molecule is COc1cccc([C@H](NC(=O)c2cnn(C)c2)c2nccn2C)c1. The predicted molar refractivity (Wildman–Crippen MR) is 88.7 cm³/mol. The van der Waals surface area contributed by atoms with Gasteiger partial charge in [0, 0.05) is 32.7 Å². The van der Waals surface area contributed by atoms with Crippen molar-refractivity contribution in [3.05, 3.63) is 66.0 Å². The van der Waals surface area contributed by atoms with Crippen LogP contribution in [0.25, 0.3) is 0 Å². The molecule has 0 bridgehead atoms. The average molecular weight is 325 g/mol. The topological polar surface area (TPSA) is 74.0 Å². The second kappa shape index (κ2) is 6.57. The molecule has 7 heteroatoms. The molecule has 0 unspecified atom stereocenters. The van der Waals surface area contributed by atoms with Crippen molar-refractivity contribution in [1.82, 2.24) is 24.6 Å². The number of nitrogens with one attached hydrogen (secondary N) is 1. The van der Waals surface area contributed by atoms with Crippen LogP contribution in [-0.2, 0) is 14.1 Å². The number of aromatic nitrogens is 4. The Labute approximate surface area is 139 Å². The van der Waals surface area contributed by atoms with Gasteiger partial charge in [-0.2, -0.15) is 5.10 Å². The Morgan fingerprint density at radius 3 is 2.79 bits per heavy atom. The summed E-state index contributed by atoms with van der Waals surface area (Å²) in [6.45, 7) is 0. The number of aryl methyl sites for hydroxylation is 2. The van der Waals surface area contributed by atoms with Gasteiger partial charge in [-0.05, 0) is 17.7 Å². The van der Waals surface area contributed by atoms with Crippen LogP contribution in [0.3, 0.4) is 0 Å². The molecule has 1 amide bonds. The lowest BCUT2D eigenvalue weighted by atomic mass is 10.1. The molecule has 2 aromatic heterocycles. The van der Waals surface area contributed by atoms with Gasteiger partial charge >= 0.3 is 0 Å². The minimum atomic E-state index is -0.396. The number of ether oxygens (including phenoxy) is 1. The molecule has 1 N–H and O–H groups in total. The summed E-state index contributed by atoms with van der Waals surface area (Å²) in [6.07, 6.45) is 6.77. The summed E-state index contributed by atoms with van der Waals surface area (Å²) in [5.41, 5.74) is 1.39. The third-order valence-electron chi connectivity index (χ3n) is 3.79. The highest BCUT2D eigenvalue weighted by Crippen LogP contribution is 2.24. The zero-order chi connectivity index (χ0) is 17.1. The van der Waals surface area contributed by atoms with Gasteiger partial charge < -0.3 is 14.6 Å². The quantitative estimate of drug-likeness (QED) is 0.774. The van der Waals surface area contributed by atoms with Gasteiger partial charge in [-0.15, -0.1) is 0 Å². The fourth-order valence-electron chi connectivity index (χ4n) is 2.53. The first kappa shape index (κ1) is 15.8. The van der Waals surface area contributed by atoms with E-state index in [9.17, 15) is 4.79 Å². The van der Waals surface area contributed by atoms with E-state index in [1.165, 1.54) is 6.20 Å². The number of imidazole rings is 1. The maximum Gasteiger partial charge on any atom is 0.255 e. The van der Waals surface area contributed by atoms with Gasteiger partial charge in [0.2, 0.25) is 0 Å². The largest absolute Gasteiger partial charge is 0.497 e. The number of nitrogens with zero attached hydrogens (tertiary/aromatic N) is 4. The van der Waals surface area contributed by atoms with E-state index in [1.807, 2.05) is 42.1 Å². The summed E-state index contributed by atoms with van der Waals surface area (Å²) in [4.78, 5) is 17.0. The van der Waals surface area contributed by atoms with Gasteiger partial charge in [-0.1, -0.05) is 12.1 Å². The molecule has 0 spiro atoms. The van der Waals surface area contributed by atoms with Gasteiger partial charge in [-0.3, -0.25) is 9.48 Å². The van der Waals surface area contributed by atoms with E-state index in [0.29, 0.717) is 5.56 Å². The zero-order valence-corrected chi connectivity index (χ0v) is 13.8. The highest BCUT2D eigenvalue weighted by molar-refractivity contribution is 5.94. The summed E-state index contributed by atoms with van der Waals surface area (Å²) in [6, 6.07) is 7.18. The molecule has 2 heterocycles. The van der Waals surface area contributed by atoms with Crippen LogP contribution in [-0.4, -0.2) is 32.3 Å². The number of carbonyl (C=O) groups is 1. The van der Waals surface area contributed by atoms with E-state index in [-0.39, 0.29) is 5.91 Å². The molecule has 124 valence electrons. The average Bonchev–Trinajstić information content (AvgIpc) is 3.21. The number of methoxy groups -OCH3 is 1. The number of benzene rings is 1. The first-order valence-corrected chi connectivity index (χ1v) is 7.49. The van der Waals surface area contributed by atoms with E-state index < -0.39 is 6.04 Å². The minimum absolute atomic E-state index is 0.209. The van der Waals surface area contributed by atoms with Crippen molar-refractivity contribution in [2.75, 3.05) is 7.11 Å². The lowest BCUT2D eigenvalue weighted by Crippen LogP contribution is -2.31. The molecular weight excluding hydrogens is 306 g/mol. The summed E-state index contributed by atoms with van der Waals surface area (Å²) in [5, 5.41) is 7.07. The summed E-state index contributed by atoms with van der Waals surface area (Å²) >= 11 is 0. The molecular formula is C17H19N5O2. The number of carbonyl (C=O) groups excluding carboxylic acids is 1. The van der Waals surface area contributed by atoms with Crippen LogP contribution in [0.1, 0.15) is 27.8 Å². The second-order valence-corrected chi connectivity index (χ2v) is 5.48. The van der Waals surface area contributed by atoms with Crippen molar-refractivity contribution in [3.8, 4) is 5.75 Å². The number of amides is 1. The Kier molecular flexibility index (Phi) is 4.33. The number of hydrogen-bond acceptors (Lipinski definition) is 4. The van der Waals surface area contributed by atoms with Crippen LogP contribution in [0.2, 0.25) is 0 Å². The monoisotopic (exact) mass is 325 g/mol. The molecule has 0 saturated heterocycles. The highest BCUT2D eigenvalue weighted by atomic mass is 16.5. The summed E-state index contributed by atoms with van der Waals surface area (Å²) < 4.78 is 8.77. The fourth-order valence-corrected chi connectivity index (χ4v) is 2.53. The molecule has 0 aliphatic carbocycles. The molecule has 7 nitrogen and oxygen atoms in total. The van der Waals surface area contributed by atoms with Crippen LogP contribution in [0, 0.1) is 0 Å². The Hall–Kier alpha value is -3.09. The molecule has 3 aromatic rings. The normalized spacial score (nSPS) is 12.0. The van der Waals surface area contributed by atoms with Crippen LogP contribution in [0.5, 0.6) is 5.75 Å². The lowest BCUT2D eigenvalue weighted by molar-refractivity contribution is 0.0941. The first-order chi connectivity index (χ1) is 11.6. The van der Waals surface area contributed by atoms with Gasteiger partial charge in [-0.25, -0.2) is 4.98 Å². The Morgan fingerprint density at radius 1 is 1.33 bits per heavy atom. The molecule has 0 aliphatic heterocycles. The van der Waals surface area contributed by atoms with Gasteiger partial charge in [0.05, 0.1) is 18.9 Å². The van der Waals surface area contributed by atoms with E-state index >= 15 is 0 Å². The summed E-state index contributed by atoms with van der Waals surface area (Å²) in [5.74, 6) is 1.25. The highest BCUT2D eigenvalue weighted by Gasteiger charge is 2.22. The predicted octanol–water partition coefficient (Wildman–Crippen LogP) is 1.68. The van der Waals surface area contributed by atoms with E-state index in [1.54, 1.807) is 31.2 Å². The van der Waals surface area contributed by atoms with E-state index in [0.717, 1.165) is 17.1 Å². The minimum Gasteiger partial charge on any atom is -0.497 e. The van der Waals surface area contributed by atoms with Crippen LogP contribution in [0.4, 0.5) is 0 Å². The van der Waals surface area contributed by atoms with E-state index in [2.05, 4.69) is 15.4 Å². The first-order valence-electron chi connectivity index (χ1n) is 7.49. The van der Waals surface area contributed by atoms with Crippen molar-refractivity contribution in [2.45, 2.75) is 6.04 Å². The van der Waals surface area contributed by atoms with E-state index in [4.69, 9.17) is 4.74 Å². The van der Waals surface area contributed by atoms with Crippen LogP contribution in [0.15, 0.2) is 49.1 Å². The van der Waals surface area contributed by atoms with Crippen molar-refractivity contribution in [1.29, 1.82) is 0 Å². The van der Waals surface area contributed by atoms with Gasteiger partial charge in [0.25, 0.3) is 5.91 Å². The van der Waals surface area contributed by atoms with Crippen LogP contribution < -0.4 is 10.1 Å². The molecule has 0 fully saturated rings. The Balaban J connectivity index is 1.96. The van der Waals surface area contributed by atoms with Crippen molar-refractivity contribution in [2.24, 2.45) is 14.1 Å². The molecule has 24 heavy (non-hydrogen) atoms. The Morgan fingerprint density at radius 2 is 2.17 bits per heavy atom. The molecule has 1 aromatic carbocycles. The third-order valence-corrected chi connectivity index (χ3v) is 3.79. The number of rotatable bonds is 5. The molecule has 0 saturated carbocycles. The summed E-state index contributed by atoms with van der Waals surface area (Å²) in [7, 11) is 5.28. The zero-order valence-electron chi connectivity index (χ0n) is 13.8. The Bertz CT molecular complexity index is 852. The smallest absolute Gasteiger partial charge is 0.255 e. The molecule has 0 aliphatic rings. The van der Waals surface area contributed by atoms with Crippen molar-refractivity contribution < 1.29 is 9.53 Å². The van der Waals surface area contributed by atoms with Crippen molar-refractivity contribution >= 4 is 5.91 Å². The standard InChI is InChI=1S/C17H19N5O2/c1-21-8-7-18-16(21)15(12-5-4-6-14(9-12)24-3)20-17(23)13-10-19-22(2)11-13/h4-11,15H,1-3H3,(H,20,23)/t15-/m0/s1. The second-order valence-electron chi connectivity index (χ2n) is 5.48. The van der Waals surface area contributed by atoms with Crippen molar-refractivity contribution in [3.63, 3.8) is 0 Å². The molecule has 0 radical (unpaired) electrons. The van der Waals surface area contributed by atoms with Gasteiger partial charge in [0.15, 0.2) is 0 Å². The lowest BCUT2D eigenvalue weighted by Gasteiger charge is -2.19. The van der Waals surface area contributed by atoms with Gasteiger partial charge in [0.1, 0.15) is 17.6 Å². The maximum absolute atomic E-state index is 12.6. The fraction of sp³-hybridized carbons (Fsp3) is 0.235. The molecule has 3 rings (SSSR count). The molecule has 1 atom stereocenters. The maximum atomic E-state index is 12.6. The van der Waals surface area contributed by atoms with Crippen LogP contribution >= 0.6 is 0 Å². The third kappa shape index (κ3) is 3.15. The number of hydrogen-bond donors (Lipinski definition) is 1.